The third-order valence-electron chi connectivity index (χ3n) is 2.40. The standard InChI is InChI=1S/C10H15N5/c1-4-8-5-10(14(2)12-8)6-9-7-11-15(3)13-9/h5,7H,4,6H2,1-3H3. The highest BCUT2D eigenvalue weighted by molar-refractivity contribution is 5.15. The first-order chi connectivity index (χ1) is 7.19. The Morgan fingerprint density at radius 2 is 2.00 bits per heavy atom. The molecule has 2 rings (SSSR count). The van der Waals surface area contributed by atoms with Crippen molar-refractivity contribution in [3.05, 3.63) is 29.3 Å². The van der Waals surface area contributed by atoms with Crippen molar-refractivity contribution in [2.45, 2.75) is 19.8 Å². The van der Waals surface area contributed by atoms with Crippen molar-refractivity contribution < 1.29 is 0 Å². The molecule has 0 aromatic carbocycles. The first-order valence-corrected chi connectivity index (χ1v) is 5.06. The maximum atomic E-state index is 4.39. The number of hydrogen-bond acceptors (Lipinski definition) is 3. The van der Waals surface area contributed by atoms with Crippen molar-refractivity contribution in [3.8, 4) is 0 Å². The second-order valence-electron chi connectivity index (χ2n) is 3.61. The first-order valence-electron chi connectivity index (χ1n) is 5.06. The second-order valence-corrected chi connectivity index (χ2v) is 3.61. The third-order valence-corrected chi connectivity index (χ3v) is 2.40. The van der Waals surface area contributed by atoms with Gasteiger partial charge < -0.3 is 0 Å². The van der Waals surface area contributed by atoms with Gasteiger partial charge in [-0.1, -0.05) is 6.92 Å². The Bertz CT molecular complexity index is 454. The van der Waals surface area contributed by atoms with Gasteiger partial charge in [-0.3, -0.25) is 4.68 Å². The van der Waals surface area contributed by atoms with Crippen LogP contribution in [0.4, 0.5) is 0 Å². The number of aromatic nitrogens is 5. The summed E-state index contributed by atoms with van der Waals surface area (Å²) in [5, 5.41) is 12.7. The molecule has 0 bridgehead atoms. The van der Waals surface area contributed by atoms with Gasteiger partial charge >= 0.3 is 0 Å². The molecule has 15 heavy (non-hydrogen) atoms. The molecule has 5 nitrogen and oxygen atoms in total. The molecule has 0 atom stereocenters. The zero-order chi connectivity index (χ0) is 10.8. The van der Waals surface area contributed by atoms with Gasteiger partial charge in [0.15, 0.2) is 0 Å². The third kappa shape index (κ3) is 2.06. The zero-order valence-corrected chi connectivity index (χ0v) is 9.30. The molecule has 0 aliphatic heterocycles. The van der Waals surface area contributed by atoms with E-state index in [-0.39, 0.29) is 0 Å². The quantitative estimate of drug-likeness (QED) is 0.741. The lowest BCUT2D eigenvalue weighted by molar-refractivity contribution is 0.643. The fraction of sp³-hybridized carbons (Fsp3) is 0.500. The van der Waals surface area contributed by atoms with Crippen molar-refractivity contribution in [2.24, 2.45) is 14.1 Å². The molecule has 0 aliphatic carbocycles. The van der Waals surface area contributed by atoms with Gasteiger partial charge in [0.1, 0.15) is 0 Å². The Hall–Kier alpha value is -1.65. The Kier molecular flexibility index (Phi) is 2.53. The lowest BCUT2D eigenvalue weighted by Crippen LogP contribution is -2.00. The Morgan fingerprint density at radius 3 is 2.53 bits per heavy atom. The molecule has 0 spiro atoms. The smallest absolute Gasteiger partial charge is 0.0886 e. The minimum atomic E-state index is 0.789. The zero-order valence-electron chi connectivity index (χ0n) is 9.30. The van der Waals surface area contributed by atoms with Crippen LogP contribution < -0.4 is 0 Å². The summed E-state index contributed by atoms with van der Waals surface area (Å²) >= 11 is 0. The largest absolute Gasteiger partial charge is 0.272 e. The van der Waals surface area contributed by atoms with E-state index in [4.69, 9.17) is 0 Å². The molecular weight excluding hydrogens is 190 g/mol. The average molecular weight is 205 g/mol. The highest BCUT2D eigenvalue weighted by Crippen LogP contribution is 2.08. The Labute approximate surface area is 88.7 Å². The van der Waals surface area contributed by atoms with Gasteiger partial charge in [0.25, 0.3) is 0 Å². The molecule has 0 unspecified atom stereocenters. The van der Waals surface area contributed by atoms with Gasteiger partial charge in [-0.15, -0.1) is 0 Å². The van der Waals surface area contributed by atoms with Crippen molar-refractivity contribution in [3.63, 3.8) is 0 Å². The van der Waals surface area contributed by atoms with E-state index < -0.39 is 0 Å². The van der Waals surface area contributed by atoms with Crippen molar-refractivity contribution in [1.82, 2.24) is 24.8 Å². The molecular formula is C10H15N5. The number of aryl methyl sites for hydroxylation is 3. The van der Waals surface area contributed by atoms with E-state index in [0.29, 0.717) is 0 Å². The summed E-state index contributed by atoms with van der Waals surface area (Å²) in [4.78, 5) is 1.58. The molecule has 0 aliphatic rings. The van der Waals surface area contributed by atoms with Crippen molar-refractivity contribution in [1.29, 1.82) is 0 Å². The van der Waals surface area contributed by atoms with Crippen LogP contribution >= 0.6 is 0 Å². The lowest BCUT2D eigenvalue weighted by atomic mass is 10.2. The normalized spacial score (nSPS) is 10.9. The SMILES string of the molecule is CCc1cc(Cc2cnn(C)n2)n(C)n1. The Morgan fingerprint density at radius 1 is 1.20 bits per heavy atom. The Balaban J connectivity index is 2.20. The molecule has 5 heteroatoms. The van der Waals surface area contributed by atoms with Crippen molar-refractivity contribution in [2.75, 3.05) is 0 Å². The molecule has 80 valence electrons. The molecule has 2 heterocycles. The maximum absolute atomic E-state index is 4.39. The topological polar surface area (TPSA) is 48.5 Å². The summed E-state index contributed by atoms with van der Waals surface area (Å²) in [5.74, 6) is 0. The van der Waals surface area contributed by atoms with E-state index in [1.165, 1.54) is 5.69 Å². The minimum Gasteiger partial charge on any atom is -0.272 e. The summed E-state index contributed by atoms with van der Waals surface area (Å²) < 4.78 is 1.91. The summed E-state index contributed by atoms with van der Waals surface area (Å²) in [5.41, 5.74) is 3.27. The summed E-state index contributed by atoms with van der Waals surface area (Å²) in [6.07, 6.45) is 3.55. The lowest BCUT2D eigenvalue weighted by Gasteiger charge is -1.96. The number of rotatable bonds is 3. The molecule has 2 aromatic heterocycles. The van der Waals surface area contributed by atoms with E-state index in [1.807, 2.05) is 18.8 Å². The van der Waals surface area contributed by atoms with Crippen LogP contribution in [0, 0.1) is 0 Å². The van der Waals surface area contributed by atoms with Gasteiger partial charge in [0.05, 0.1) is 17.6 Å². The summed E-state index contributed by atoms with van der Waals surface area (Å²) in [6.45, 7) is 2.11. The summed E-state index contributed by atoms with van der Waals surface area (Å²) in [7, 11) is 3.79. The van der Waals surface area contributed by atoms with Gasteiger partial charge in [-0.05, 0) is 12.5 Å². The van der Waals surface area contributed by atoms with Gasteiger partial charge in [-0.2, -0.15) is 20.1 Å². The number of hydrogen-bond donors (Lipinski definition) is 0. The number of nitrogens with zero attached hydrogens (tertiary/aromatic N) is 5. The molecule has 0 amide bonds. The molecule has 2 aromatic rings. The second kappa shape index (κ2) is 3.84. The highest BCUT2D eigenvalue weighted by atomic mass is 15.4. The minimum absolute atomic E-state index is 0.789. The van der Waals surface area contributed by atoms with Crippen LogP contribution in [0.3, 0.4) is 0 Å². The fourth-order valence-corrected chi connectivity index (χ4v) is 1.56. The van der Waals surface area contributed by atoms with Crippen LogP contribution in [0.2, 0.25) is 0 Å². The molecule has 0 saturated carbocycles. The van der Waals surface area contributed by atoms with Crippen LogP contribution in [0.5, 0.6) is 0 Å². The van der Waals surface area contributed by atoms with E-state index in [9.17, 15) is 0 Å². The molecule has 0 radical (unpaired) electrons. The maximum Gasteiger partial charge on any atom is 0.0886 e. The van der Waals surface area contributed by atoms with Crippen LogP contribution in [0.25, 0.3) is 0 Å². The van der Waals surface area contributed by atoms with E-state index in [0.717, 1.165) is 24.2 Å². The van der Waals surface area contributed by atoms with Gasteiger partial charge in [0, 0.05) is 26.2 Å². The highest BCUT2D eigenvalue weighted by Gasteiger charge is 2.06. The fourth-order valence-electron chi connectivity index (χ4n) is 1.56. The van der Waals surface area contributed by atoms with Crippen molar-refractivity contribution >= 4 is 0 Å². The average Bonchev–Trinajstić information content (AvgIpc) is 2.75. The predicted octanol–water partition coefficient (Wildman–Crippen LogP) is 0.702. The van der Waals surface area contributed by atoms with Gasteiger partial charge in [-0.25, -0.2) is 0 Å². The van der Waals surface area contributed by atoms with Crippen LogP contribution in [-0.2, 0) is 26.9 Å². The molecule has 0 N–H and O–H groups in total. The molecule has 0 fully saturated rings. The van der Waals surface area contributed by atoms with Gasteiger partial charge in [0.2, 0.25) is 0 Å². The van der Waals surface area contributed by atoms with E-state index in [1.54, 1.807) is 11.0 Å². The van der Waals surface area contributed by atoms with E-state index in [2.05, 4.69) is 28.3 Å². The van der Waals surface area contributed by atoms with Crippen LogP contribution in [0.15, 0.2) is 12.3 Å². The van der Waals surface area contributed by atoms with Crippen LogP contribution in [0.1, 0.15) is 24.0 Å². The first kappa shape index (κ1) is 9.89. The van der Waals surface area contributed by atoms with E-state index >= 15 is 0 Å². The van der Waals surface area contributed by atoms with Crippen LogP contribution in [-0.4, -0.2) is 24.8 Å². The molecule has 0 saturated heterocycles. The predicted molar refractivity (Wildman–Crippen MR) is 56.4 cm³/mol. The monoisotopic (exact) mass is 205 g/mol. The summed E-state index contributed by atoms with van der Waals surface area (Å²) in [6, 6.07) is 2.12.